The second-order valence-electron chi connectivity index (χ2n) is 8.02. The molecule has 1 aliphatic heterocycles. The number of carbonyl (C=O) groups is 2. The molecule has 1 aromatic heterocycles. The number of Topliss-reactive ketones (excluding diaryl/α,β-unsaturated/α-hetero) is 1. The maximum absolute atomic E-state index is 13.6. The van der Waals surface area contributed by atoms with Gasteiger partial charge in [0.15, 0.2) is 0 Å². The molecule has 6 heteroatoms. The van der Waals surface area contributed by atoms with E-state index in [9.17, 15) is 9.59 Å². The van der Waals surface area contributed by atoms with Crippen LogP contribution in [0.15, 0.2) is 42.6 Å². The van der Waals surface area contributed by atoms with Crippen LogP contribution in [-0.4, -0.2) is 21.5 Å². The van der Waals surface area contributed by atoms with Crippen LogP contribution in [0.4, 0.5) is 17.2 Å². The van der Waals surface area contributed by atoms with E-state index in [2.05, 4.69) is 10.4 Å². The van der Waals surface area contributed by atoms with Crippen LogP contribution in [0.5, 0.6) is 0 Å². The molecule has 0 saturated heterocycles. The van der Waals surface area contributed by atoms with Crippen molar-refractivity contribution in [3.05, 3.63) is 70.4 Å². The number of anilines is 3. The van der Waals surface area contributed by atoms with Crippen molar-refractivity contribution >= 4 is 28.9 Å². The summed E-state index contributed by atoms with van der Waals surface area (Å²) in [4.78, 5) is 26.7. The van der Waals surface area contributed by atoms with Gasteiger partial charge in [0.05, 0.1) is 24.1 Å². The van der Waals surface area contributed by atoms with Crippen molar-refractivity contribution in [2.45, 2.75) is 40.2 Å². The van der Waals surface area contributed by atoms with E-state index in [1.165, 1.54) is 0 Å². The lowest BCUT2D eigenvalue weighted by atomic mass is 9.99. The molecule has 6 nitrogen and oxygen atoms in total. The number of hydrogen-bond acceptors (Lipinski definition) is 4. The van der Waals surface area contributed by atoms with Crippen LogP contribution in [-0.2, 0) is 24.8 Å². The second kappa shape index (κ2) is 7.78. The first-order chi connectivity index (χ1) is 14.3. The van der Waals surface area contributed by atoms with Crippen molar-refractivity contribution in [1.29, 1.82) is 0 Å². The minimum atomic E-state index is -0.0557. The molecule has 0 fully saturated rings. The van der Waals surface area contributed by atoms with Crippen LogP contribution in [0.25, 0.3) is 0 Å². The Bertz CT molecular complexity index is 1150. The number of carbonyl (C=O) groups excluding carboxylic acids is 2. The topological polar surface area (TPSA) is 67.2 Å². The summed E-state index contributed by atoms with van der Waals surface area (Å²) in [6.45, 7) is 6.07. The summed E-state index contributed by atoms with van der Waals surface area (Å²) in [5, 5.41) is 7.80. The summed E-state index contributed by atoms with van der Waals surface area (Å²) in [5.41, 5.74) is 6.59. The van der Waals surface area contributed by atoms with E-state index in [0.717, 1.165) is 39.4 Å². The molecule has 154 valence electrons. The fourth-order valence-corrected chi connectivity index (χ4v) is 3.89. The molecule has 1 amide bonds. The normalized spacial score (nSPS) is 12.6. The first-order valence-corrected chi connectivity index (χ1v) is 10.1. The Morgan fingerprint density at radius 3 is 2.67 bits per heavy atom. The summed E-state index contributed by atoms with van der Waals surface area (Å²) < 4.78 is 1.80. The lowest BCUT2D eigenvalue weighted by molar-refractivity contribution is -0.116. The molecule has 0 bridgehead atoms. The molecule has 0 atom stereocenters. The zero-order chi connectivity index (χ0) is 21.4. The van der Waals surface area contributed by atoms with Crippen molar-refractivity contribution < 1.29 is 9.59 Å². The highest BCUT2D eigenvalue weighted by Crippen LogP contribution is 2.37. The number of nitrogens with one attached hydrogen (secondary N) is 1. The maximum atomic E-state index is 13.6. The summed E-state index contributed by atoms with van der Waals surface area (Å²) in [7, 11) is 1.89. The van der Waals surface area contributed by atoms with Crippen LogP contribution in [0.2, 0.25) is 0 Å². The molecule has 0 unspecified atom stereocenters. The fraction of sp³-hybridized carbons (Fsp3) is 0.292. The zero-order valence-corrected chi connectivity index (χ0v) is 17.8. The number of hydrogen-bond donors (Lipinski definition) is 1. The lowest BCUT2D eigenvalue weighted by Gasteiger charge is -2.23. The minimum Gasteiger partial charge on any atom is -0.338 e. The molecule has 3 aromatic rings. The number of ketones is 1. The smallest absolute Gasteiger partial charge is 0.258 e. The highest BCUT2D eigenvalue weighted by Gasteiger charge is 2.27. The van der Waals surface area contributed by atoms with Crippen LogP contribution >= 0.6 is 0 Å². The molecular weight excluding hydrogens is 376 g/mol. The molecule has 2 aromatic carbocycles. The Morgan fingerprint density at radius 1 is 1.13 bits per heavy atom. The van der Waals surface area contributed by atoms with Gasteiger partial charge in [0.1, 0.15) is 11.6 Å². The molecular formula is C24H26N4O2. The van der Waals surface area contributed by atoms with Gasteiger partial charge < -0.3 is 15.0 Å². The van der Waals surface area contributed by atoms with Gasteiger partial charge in [-0.1, -0.05) is 12.1 Å². The highest BCUT2D eigenvalue weighted by molar-refractivity contribution is 6.08. The van der Waals surface area contributed by atoms with Gasteiger partial charge in [0, 0.05) is 24.6 Å². The van der Waals surface area contributed by atoms with E-state index in [-0.39, 0.29) is 11.7 Å². The van der Waals surface area contributed by atoms with Gasteiger partial charge in [0.25, 0.3) is 5.91 Å². The highest BCUT2D eigenvalue weighted by atomic mass is 16.2. The van der Waals surface area contributed by atoms with Crippen LogP contribution < -0.4 is 10.2 Å². The number of rotatable bonds is 4. The van der Waals surface area contributed by atoms with Crippen LogP contribution in [0.3, 0.4) is 0 Å². The Hall–Kier alpha value is -3.41. The van der Waals surface area contributed by atoms with E-state index in [1.807, 2.05) is 57.3 Å². The number of benzene rings is 2. The average Bonchev–Trinajstić information content (AvgIpc) is 2.95. The SMILES string of the molecule is CC(=O)CCc1ccc(C(=O)N2Cc3cnn(C)c3Nc3cc(C)ccc32)cc1C. The van der Waals surface area contributed by atoms with E-state index >= 15 is 0 Å². The number of aromatic nitrogens is 2. The van der Waals surface area contributed by atoms with Gasteiger partial charge in [0.2, 0.25) is 0 Å². The van der Waals surface area contributed by atoms with Crippen LogP contribution in [0, 0.1) is 13.8 Å². The Balaban J connectivity index is 1.71. The molecule has 2 heterocycles. The summed E-state index contributed by atoms with van der Waals surface area (Å²) in [6, 6.07) is 11.8. The molecule has 0 saturated carbocycles. The van der Waals surface area contributed by atoms with E-state index < -0.39 is 0 Å². The third-order valence-corrected chi connectivity index (χ3v) is 5.62. The Morgan fingerprint density at radius 2 is 1.93 bits per heavy atom. The van der Waals surface area contributed by atoms with Crippen molar-refractivity contribution in [1.82, 2.24) is 9.78 Å². The van der Waals surface area contributed by atoms with E-state index in [0.29, 0.717) is 24.9 Å². The Kier molecular flexibility index (Phi) is 5.16. The third kappa shape index (κ3) is 3.73. The van der Waals surface area contributed by atoms with Crippen LogP contribution in [0.1, 0.15) is 46.0 Å². The predicted octanol–water partition coefficient (Wildman–Crippen LogP) is 4.46. The molecule has 0 aliphatic carbocycles. The van der Waals surface area contributed by atoms with Gasteiger partial charge in [-0.15, -0.1) is 0 Å². The van der Waals surface area contributed by atoms with Crippen molar-refractivity contribution in [3.63, 3.8) is 0 Å². The van der Waals surface area contributed by atoms with Gasteiger partial charge in [-0.25, -0.2) is 0 Å². The largest absolute Gasteiger partial charge is 0.338 e. The minimum absolute atomic E-state index is 0.0557. The number of amides is 1. The molecule has 30 heavy (non-hydrogen) atoms. The summed E-state index contributed by atoms with van der Waals surface area (Å²) >= 11 is 0. The molecule has 0 spiro atoms. The van der Waals surface area contributed by atoms with Gasteiger partial charge in [-0.3, -0.25) is 9.48 Å². The standard InChI is InChI=1S/C24H26N4O2/c1-15-5-10-22-21(11-15)26-23-20(13-25-27(23)4)14-28(22)24(30)19-9-8-18(16(2)12-19)7-6-17(3)29/h5,8-13,26H,6-7,14H2,1-4H3. The summed E-state index contributed by atoms with van der Waals surface area (Å²) in [5.74, 6) is 1.01. The zero-order valence-electron chi connectivity index (χ0n) is 17.8. The molecule has 4 rings (SSSR count). The quantitative estimate of drug-likeness (QED) is 0.700. The van der Waals surface area contributed by atoms with Crippen molar-refractivity contribution in [2.24, 2.45) is 7.05 Å². The monoisotopic (exact) mass is 402 g/mol. The number of nitrogens with zero attached hydrogens (tertiary/aromatic N) is 3. The summed E-state index contributed by atoms with van der Waals surface area (Å²) in [6.07, 6.45) is 3.02. The third-order valence-electron chi connectivity index (χ3n) is 5.62. The number of fused-ring (bicyclic) bond motifs is 2. The maximum Gasteiger partial charge on any atom is 0.258 e. The predicted molar refractivity (Wildman–Crippen MR) is 118 cm³/mol. The van der Waals surface area contributed by atoms with Gasteiger partial charge >= 0.3 is 0 Å². The second-order valence-corrected chi connectivity index (χ2v) is 8.02. The lowest BCUT2D eigenvalue weighted by Crippen LogP contribution is -2.30. The van der Waals surface area contributed by atoms with Crippen molar-refractivity contribution in [2.75, 3.05) is 10.2 Å². The first kappa shape index (κ1) is 19.9. The molecule has 1 aliphatic rings. The van der Waals surface area contributed by atoms with E-state index in [4.69, 9.17) is 0 Å². The van der Waals surface area contributed by atoms with Gasteiger partial charge in [-0.05, 0) is 68.1 Å². The molecule has 1 N–H and O–H groups in total. The van der Waals surface area contributed by atoms with Crippen molar-refractivity contribution in [3.8, 4) is 0 Å². The van der Waals surface area contributed by atoms with Gasteiger partial charge in [-0.2, -0.15) is 5.10 Å². The van der Waals surface area contributed by atoms with E-state index in [1.54, 1.807) is 22.7 Å². The first-order valence-electron chi connectivity index (χ1n) is 10.1. The Labute approximate surface area is 176 Å². The molecule has 0 radical (unpaired) electrons. The fourth-order valence-electron chi connectivity index (χ4n) is 3.89. The number of aryl methyl sites for hydroxylation is 4. The average molecular weight is 402 g/mol.